The summed E-state index contributed by atoms with van der Waals surface area (Å²) >= 11 is 0. The quantitative estimate of drug-likeness (QED) is 0.716. The number of nitrogens with zero attached hydrogens (tertiary/aromatic N) is 1. The summed E-state index contributed by atoms with van der Waals surface area (Å²) in [6.45, 7) is 5.32. The maximum atomic E-state index is 4.32. The first kappa shape index (κ1) is 15.4. The van der Waals surface area contributed by atoms with Crippen LogP contribution in [0.15, 0.2) is 42.6 Å². The van der Waals surface area contributed by atoms with E-state index in [2.05, 4.69) is 53.7 Å². The molecule has 0 bridgehead atoms. The zero-order valence-corrected chi connectivity index (χ0v) is 13.0. The van der Waals surface area contributed by atoms with Crippen LogP contribution >= 0.6 is 0 Å². The van der Waals surface area contributed by atoms with Crippen molar-refractivity contribution in [2.24, 2.45) is 0 Å². The van der Waals surface area contributed by atoms with Gasteiger partial charge in [0.15, 0.2) is 0 Å². The van der Waals surface area contributed by atoms with Crippen molar-refractivity contribution in [2.45, 2.75) is 39.5 Å². The Kier molecular flexibility index (Phi) is 6.07. The van der Waals surface area contributed by atoms with Crippen LogP contribution in [-0.2, 0) is 6.42 Å². The van der Waals surface area contributed by atoms with Gasteiger partial charge in [-0.2, -0.15) is 0 Å². The van der Waals surface area contributed by atoms with Crippen LogP contribution in [0.3, 0.4) is 0 Å². The first-order valence-corrected chi connectivity index (χ1v) is 7.87. The molecular formula is C18H25N3. The average molecular weight is 283 g/mol. The lowest BCUT2D eigenvalue weighted by Gasteiger charge is -2.09. The van der Waals surface area contributed by atoms with Gasteiger partial charge >= 0.3 is 0 Å². The molecule has 0 aliphatic rings. The number of hydrogen-bond donors (Lipinski definition) is 2. The lowest BCUT2D eigenvalue weighted by molar-refractivity contribution is 0.795. The Morgan fingerprint density at radius 3 is 2.48 bits per heavy atom. The normalized spacial score (nSPS) is 10.4. The Bertz CT molecular complexity index is 534. The van der Waals surface area contributed by atoms with Gasteiger partial charge in [0.05, 0.1) is 0 Å². The van der Waals surface area contributed by atoms with Crippen LogP contribution in [-0.4, -0.2) is 11.5 Å². The van der Waals surface area contributed by atoms with Crippen LogP contribution in [0.2, 0.25) is 0 Å². The Balaban J connectivity index is 1.97. The maximum absolute atomic E-state index is 4.32. The fraction of sp³-hybridized carbons (Fsp3) is 0.389. The van der Waals surface area contributed by atoms with E-state index in [1.54, 1.807) is 0 Å². The number of aromatic nitrogens is 1. The third kappa shape index (κ3) is 5.10. The van der Waals surface area contributed by atoms with Crippen LogP contribution in [0.25, 0.3) is 0 Å². The van der Waals surface area contributed by atoms with Gasteiger partial charge in [-0.25, -0.2) is 4.98 Å². The van der Waals surface area contributed by atoms with Gasteiger partial charge in [0.2, 0.25) is 0 Å². The van der Waals surface area contributed by atoms with Crippen LogP contribution in [0.5, 0.6) is 0 Å². The Hall–Kier alpha value is -2.03. The third-order valence-electron chi connectivity index (χ3n) is 3.38. The van der Waals surface area contributed by atoms with Crippen molar-refractivity contribution in [1.82, 2.24) is 4.98 Å². The minimum Gasteiger partial charge on any atom is -0.370 e. The predicted molar refractivity (Wildman–Crippen MR) is 91.4 cm³/mol. The molecular weight excluding hydrogens is 258 g/mol. The predicted octanol–water partition coefficient (Wildman–Crippen LogP) is 4.99. The standard InChI is InChI=1S/C18H25N3/c1-3-5-6-15-7-9-16(10-8-15)21-17-11-13-20-18(14-17)19-12-4-2/h7-11,13-14H,3-6,12H2,1-2H3,(H2,19,20,21). The Morgan fingerprint density at radius 2 is 1.76 bits per heavy atom. The Morgan fingerprint density at radius 1 is 0.952 bits per heavy atom. The largest absolute Gasteiger partial charge is 0.370 e. The van der Waals surface area contributed by atoms with E-state index in [1.165, 1.54) is 18.4 Å². The molecule has 3 nitrogen and oxygen atoms in total. The van der Waals surface area contributed by atoms with Crippen LogP contribution in [0, 0.1) is 0 Å². The average Bonchev–Trinajstić information content (AvgIpc) is 2.53. The molecule has 0 atom stereocenters. The summed E-state index contributed by atoms with van der Waals surface area (Å²) in [7, 11) is 0. The van der Waals surface area contributed by atoms with E-state index < -0.39 is 0 Å². The number of benzene rings is 1. The highest BCUT2D eigenvalue weighted by Crippen LogP contribution is 2.19. The summed E-state index contributed by atoms with van der Waals surface area (Å²) in [5.74, 6) is 0.918. The number of pyridine rings is 1. The summed E-state index contributed by atoms with van der Waals surface area (Å²) in [5.41, 5.74) is 3.58. The molecule has 2 rings (SSSR count). The van der Waals surface area contributed by atoms with Gasteiger partial charge in [0.25, 0.3) is 0 Å². The van der Waals surface area contributed by atoms with Gasteiger partial charge in [-0.3, -0.25) is 0 Å². The molecule has 0 radical (unpaired) electrons. The number of aryl methyl sites for hydroxylation is 1. The summed E-state index contributed by atoms with van der Waals surface area (Å²) in [6.07, 6.45) is 6.58. The molecule has 1 aromatic heterocycles. The van der Waals surface area contributed by atoms with E-state index in [4.69, 9.17) is 0 Å². The fourth-order valence-corrected chi connectivity index (χ4v) is 2.16. The number of nitrogens with one attached hydrogen (secondary N) is 2. The van der Waals surface area contributed by atoms with E-state index in [9.17, 15) is 0 Å². The van der Waals surface area contributed by atoms with E-state index in [-0.39, 0.29) is 0 Å². The molecule has 0 saturated carbocycles. The van der Waals surface area contributed by atoms with E-state index >= 15 is 0 Å². The summed E-state index contributed by atoms with van der Waals surface area (Å²) < 4.78 is 0. The molecule has 0 aliphatic carbocycles. The molecule has 3 heteroatoms. The van der Waals surface area contributed by atoms with Crippen LogP contribution in [0.1, 0.15) is 38.7 Å². The zero-order chi connectivity index (χ0) is 14.9. The summed E-state index contributed by atoms with van der Waals surface area (Å²) in [6, 6.07) is 12.7. The van der Waals surface area contributed by atoms with Crippen molar-refractivity contribution in [3.8, 4) is 0 Å². The smallest absolute Gasteiger partial charge is 0.127 e. The highest BCUT2D eigenvalue weighted by molar-refractivity contribution is 5.62. The van der Waals surface area contributed by atoms with Crippen molar-refractivity contribution >= 4 is 17.2 Å². The molecule has 0 fully saturated rings. The molecule has 112 valence electrons. The number of anilines is 3. The second-order valence-electron chi connectivity index (χ2n) is 5.28. The molecule has 0 unspecified atom stereocenters. The zero-order valence-electron chi connectivity index (χ0n) is 13.0. The van der Waals surface area contributed by atoms with Gasteiger partial charge in [0, 0.05) is 30.2 Å². The molecule has 0 amide bonds. The van der Waals surface area contributed by atoms with Gasteiger partial charge in [0.1, 0.15) is 5.82 Å². The SMILES string of the molecule is CCCCc1ccc(Nc2ccnc(NCCC)c2)cc1. The third-order valence-corrected chi connectivity index (χ3v) is 3.38. The molecule has 21 heavy (non-hydrogen) atoms. The van der Waals surface area contributed by atoms with Crippen LogP contribution in [0.4, 0.5) is 17.2 Å². The van der Waals surface area contributed by atoms with Gasteiger partial charge < -0.3 is 10.6 Å². The molecule has 1 heterocycles. The van der Waals surface area contributed by atoms with Crippen molar-refractivity contribution < 1.29 is 0 Å². The Labute approximate surface area is 127 Å². The minimum atomic E-state index is 0.918. The monoisotopic (exact) mass is 283 g/mol. The molecule has 1 aromatic carbocycles. The molecule has 2 N–H and O–H groups in total. The topological polar surface area (TPSA) is 37.0 Å². The van der Waals surface area contributed by atoms with Crippen molar-refractivity contribution in [3.63, 3.8) is 0 Å². The lowest BCUT2D eigenvalue weighted by atomic mass is 10.1. The van der Waals surface area contributed by atoms with Crippen molar-refractivity contribution in [3.05, 3.63) is 48.2 Å². The molecule has 0 saturated heterocycles. The second kappa shape index (κ2) is 8.30. The highest BCUT2D eigenvalue weighted by Gasteiger charge is 1.99. The van der Waals surface area contributed by atoms with Crippen molar-refractivity contribution in [1.29, 1.82) is 0 Å². The maximum Gasteiger partial charge on any atom is 0.127 e. The van der Waals surface area contributed by atoms with E-state index in [0.717, 1.165) is 36.6 Å². The molecule has 2 aromatic rings. The van der Waals surface area contributed by atoms with Crippen molar-refractivity contribution in [2.75, 3.05) is 17.2 Å². The molecule has 0 spiro atoms. The number of unbranched alkanes of at least 4 members (excludes halogenated alkanes) is 1. The second-order valence-corrected chi connectivity index (χ2v) is 5.28. The number of rotatable bonds is 8. The minimum absolute atomic E-state index is 0.918. The summed E-state index contributed by atoms with van der Waals surface area (Å²) in [4.78, 5) is 4.32. The fourth-order valence-electron chi connectivity index (χ4n) is 2.16. The first-order chi connectivity index (χ1) is 10.3. The lowest BCUT2D eigenvalue weighted by Crippen LogP contribution is -2.02. The van der Waals surface area contributed by atoms with Gasteiger partial charge in [-0.05, 0) is 43.0 Å². The molecule has 0 aliphatic heterocycles. The highest BCUT2D eigenvalue weighted by atomic mass is 15.0. The van der Waals surface area contributed by atoms with E-state index in [1.807, 2.05) is 18.3 Å². The van der Waals surface area contributed by atoms with Gasteiger partial charge in [-0.15, -0.1) is 0 Å². The summed E-state index contributed by atoms with van der Waals surface area (Å²) in [5, 5.41) is 6.73. The van der Waals surface area contributed by atoms with Gasteiger partial charge in [-0.1, -0.05) is 32.4 Å². The first-order valence-electron chi connectivity index (χ1n) is 7.87. The van der Waals surface area contributed by atoms with Crippen LogP contribution < -0.4 is 10.6 Å². The van der Waals surface area contributed by atoms with E-state index in [0.29, 0.717) is 0 Å². The number of hydrogen-bond acceptors (Lipinski definition) is 3.